The van der Waals surface area contributed by atoms with Gasteiger partial charge in [0.2, 0.25) is 5.91 Å². The maximum Gasteiger partial charge on any atom is 0.223 e. The standard InChI is InChI=1S/C13H25N3O2/c17-12(10-16-7-1-2-8-16)9-14-5-6-15-13(18)11-3-4-11/h11-12,14,17H,1-10H2,(H,15,18). The third kappa shape index (κ3) is 4.92. The van der Waals surface area contributed by atoms with Crippen LogP contribution in [0.15, 0.2) is 0 Å². The number of likely N-dealkylation sites (tertiary alicyclic amines) is 1. The normalized spacial score (nSPS) is 22.1. The zero-order valence-electron chi connectivity index (χ0n) is 11.0. The van der Waals surface area contributed by atoms with Crippen LogP contribution >= 0.6 is 0 Å². The van der Waals surface area contributed by atoms with Gasteiger partial charge in [-0.1, -0.05) is 0 Å². The molecule has 1 aliphatic heterocycles. The number of hydrogen-bond donors (Lipinski definition) is 3. The Kier molecular flexibility index (Phi) is 5.41. The summed E-state index contributed by atoms with van der Waals surface area (Å²) in [6, 6.07) is 0. The van der Waals surface area contributed by atoms with E-state index in [2.05, 4.69) is 15.5 Å². The summed E-state index contributed by atoms with van der Waals surface area (Å²) in [6.45, 7) is 5.00. The molecule has 5 heteroatoms. The van der Waals surface area contributed by atoms with Gasteiger partial charge in [-0.05, 0) is 38.8 Å². The molecule has 1 aliphatic carbocycles. The second-order valence-corrected chi connectivity index (χ2v) is 5.43. The summed E-state index contributed by atoms with van der Waals surface area (Å²) in [5, 5.41) is 15.9. The third-order valence-electron chi connectivity index (χ3n) is 3.60. The van der Waals surface area contributed by atoms with Crippen molar-refractivity contribution < 1.29 is 9.90 Å². The van der Waals surface area contributed by atoms with E-state index in [9.17, 15) is 9.90 Å². The average molecular weight is 255 g/mol. The minimum Gasteiger partial charge on any atom is -0.390 e. The first-order valence-electron chi connectivity index (χ1n) is 7.14. The zero-order chi connectivity index (χ0) is 12.8. The first-order valence-corrected chi connectivity index (χ1v) is 7.14. The lowest BCUT2D eigenvalue weighted by Gasteiger charge is -2.19. The monoisotopic (exact) mass is 255 g/mol. The minimum absolute atomic E-state index is 0.189. The van der Waals surface area contributed by atoms with Crippen molar-refractivity contribution >= 4 is 5.91 Å². The Bertz CT molecular complexity index is 263. The summed E-state index contributed by atoms with van der Waals surface area (Å²) in [5.41, 5.74) is 0. The third-order valence-corrected chi connectivity index (χ3v) is 3.60. The highest BCUT2D eigenvalue weighted by molar-refractivity contribution is 5.80. The van der Waals surface area contributed by atoms with Crippen molar-refractivity contribution in [2.24, 2.45) is 5.92 Å². The maximum atomic E-state index is 11.3. The van der Waals surface area contributed by atoms with Gasteiger partial charge in [-0.15, -0.1) is 0 Å². The van der Waals surface area contributed by atoms with Crippen molar-refractivity contribution in [2.45, 2.75) is 31.8 Å². The van der Waals surface area contributed by atoms with Crippen molar-refractivity contribution in [3.8, 4) is 0 Å². The van der Waals surface area contributed by atoms with Gasteiger partial charge in [-0.3, -0.25) is 4.79 Å². The summed E-state index contributed by atoms with van der Waals surface area (Å²) in [4.78, 5) is 13.6. The number of nitrogens with zero attached hydrogens (tertiary/aromatic N) is 1. The molecule has 1 atom stereocenters. The molecule has 0 radical (unpaired) electrons. The summed E-state index contributed by atoms with van der Waals surface area (Å²) < 4.78 is 0. The Morgan fingerprint density at radius 1 is 1.28 bits per heavy atom. The zero-order valence-corrected chi connectivity index (χ0v) is 11.0. The molecule has 0 aromatic rings. The SMILES string of the molecule is O=C(NCCNCC(O)CN1CCCC1)C1CC1. The van der Waals surface area contributed by atoms with Crippen LogP contribution in [0.25, 0.3) is 0 Å². The van der Waals surface area contributed by atoms with Gasteiger partial charge in [-0.25, -0.2) is 0 Å². The first-order chi connectivity index (χ1) is 8.75. The smallest absolute Gasteiger partial charge is 0.223 e. The van der Waals surface area contributed by atoms with Crippen LogP contribution in [0.1, 0.15) is 25.7 Å². The van der Waals surface area contributed by atoms with Gasteiger partial charge >= 0.3 is 0 Å². The molecule has 3 N–H and O–H groups in total. The molecule has 2 fully saturated rings. The number of nitrogens with one attached hydrogen (secondary N) is 2. The fraction of sp³-hybridized carbons (Fsp3) is 0.923. The topological polar surface area (TPSA) is 64.6 Å². The van der Waals surface area contributed by atoms with Gasteiger partial charge in [0.15, 0.2) is 0 Å². The number of aliphatic hydroxyl groups excluding tert-OH is 1. The minimum atomic E-state index is -0.303. The van der Waals surface area contributed by atoms with Gasteiger partial charge in [0.05, 0.1) is 6.10 Å². The first kappa shape index (κ1) is 13.8. The van der Waals surface area contributed by atoms with Gasteiger partial charge in [0.25, 0.3) is 0 Å². The second-order valence-electron chi connectivity index (χ2n) is 5.43. The molecule has 2 aliphatic rings. The van der Waals surface area contributed by atoms with E-state index in [1.807, 2.05) is 0 Å². The van der Waals surface area contributed by atoms with Crippen LogP contribution in [-0.2, 0) is 4.79 Å². The number of β-amino-alcohol motifs (C(OH)–C–C–N with tert-alkyl or cyclic N) is 1. The van der Waals surface area contributed by atoms with Crippen LogP contribution in [0.5, 0.6) is 0 Å². The molecule has 1 unspecified atom stereocenters. The Hall–Kier alpha value is -0.650. The van der Waals surface area contributed by atoms with E-state index in [0.29, 0.717) is 13.1 Å². The highest BCUT2D eigenvalue weighted by Crippen LogP contribution is 2.28. The van der Waals surface area contributed by atoms with E-state index < -0.39 is 0 Å². The van der Waals surface area contributed by atoms with E-state index in [0.717, 1.165) is 39.0 Å². The van der Waals surface area contributed by atoms with Gasteiger partial charge in [0.1, 0.15) is 0 Å². The van der Waals surface area contributed by atoms with Crippen LogP contribution in [0, 0.1) is 5.92 Å². The highest BCUT2D eigenvalue weighted by atomic mass is 16.3. The average Bonchev–Trinajstić information content (AvgIpc) is 3.08. The molecule has 0 aromatic heterocycles. The molecule has 1 saturated heterocycles. The lowest BCUT2D eigenvalue weighted by atomic mass is 10.3. The summed E-state index contributed by atoms with van der Waals surface area (Å²) >= 11 is 0. The number of hydrogen-bond acceptors (Lipinski definition) is 4. The van der Waals surface area contributed by atoms with Crippen molar-refractivity contribution in [2.75, 3.05) is 39.3 Å². The molecule has 5 nitrogen and oxygen atoms in total. The number of carbonyl (C=O) groups excluding carboxylic acids is 1. The molecular weight excluding hydrogens is 230 g/mol. The number of amides is 1. The second kappa shape index (κ2) is 7.07. The van der Waals surface area contributed by atoms with Gasteiger partial charge in [0, 0.05) is 32.1 Å². The molecule has 1 saturated carbocycles. The maximum absolute atomic E-state index is 11.3. The Balaban J connectivity index is 1.43. The largest absolute Gasteiger partial charge is 0.390 e. The van der Waals surface area contributed by atoms with Crippen LogP contribution in [-0.4, -0.2) is 61.3 Å². The Morgan fingerprint density at radius 3 is 2.67 bits per heavy atom. The van der Waals surface area contributed by atoms with E-state index in [1.165, 1.54) is 12.8 Å². The van der Waals surface area contributed by atoms with Crippen molar-refractivity contribution in [1.82, 2.24) is 15.5 Å². The van der Waals surface area contributed by atoms with Crippen molar-refractivity contribution in [3.05, 3.63) is 0 Å². The van der Waals surface area contributed by atoms with Crippen LogP contribution in [0.3, 0.4) is 0 Å². The molecule has 104 valence electrons. The summed E-state index contributed by atoms with van der Waals surface area (Å²) in [6.07, 6.45) is 4.31. The molecular formula is C13H25N3O2. The van der Waals surface area contributed by atoms with Crippen LogP contribution < -0.4 is 10.6 Å². The molecule has 0 aromatic carbocycles. The Morgan fingerprint density at radius 2 is 2.00 bits per heavy atom. The van der Waals surface area contributed by atoms with E-state index in [1.54, 1.807) is 0 Å². The van der Waals surface area contributed by atoms with Gasteiger partial charge < -0.3 is 20.6 Å². The highest BCUT2D eigenvalue weighted by Gasteiger charge is 2.28. The fourth-order valence-corrected chi connectivity index (χ4v) is 2.36. The number of aliphatic hydroxyl groups is 1. The van der Waals surface area contributed by atoms with E-state index in [4.69, 9.17) is 0 Å². The quantitative estimate of drug-likeness (QED) is 0.515. The molecule has 1 amide bonds. The lowest BCUT2D eigenvalue weighted by Crippen LogP contribution is -2.40. The molecule has 2 rings (SSSR count). The number of carbonyl (C=O) groups is 1. The number of rotatable bonds is 8. The Labute approximate surface area is 109 Å². The van der Waals surface area contributed by atoms with Crippen LogP contribution in [0.4, 0.5) is 0 Å². The summed E-state index contributed by atoms with van der Waals surface area (Å²) in [7, 11) is 0. The molecule has 0 spiro atoms. The van der Waals surface area contributed by atoms with Crippen LogP contribution in [0.2, 0.25) is 0 Å². The van der Waals surface area contributed by atoms with E-state index >= 15 is 0 Å². The molecule has 18 heavy (non-hydrogen) atoms. The van der Waals surface area contributed by atoms with Crippen molar-refractivity contribution in [1.29, 1.82) is 0 Å². The lowest BCUT2D eigenvalue weighted by molar-refractivity contribution is -0.122. The molecule has 0 bridgehead atoms. The predicted octanol–water partition coefficient (Wildman–Crippen LogP) is -0.441. The fourth-order valence-electron chi connectivity index (χ4n) is 2.36. The van der Waals surface area contributed by atoms with Crippen molar-refractivity contribution in [3.63, 3.8) is 0 Å². The molecule has 1 heterocycles. The van der Waals surface area contributed by atoms with E-state index in [-0.39, 0.29) is 17.9 Å². The summed E-state index contributed by atoms with van der Waals surface area (Å²) in [5.74, 6) is 0.472. The predicted molar refractivity (Wildman–Crippen MR) is 70.3 cm³/mol. The van der Waals surface area contributed by atoms with Gasteiger partial charge in [-0.2, -0.15) is 0 Å².